The molecule has 84 valence electrons. The molecule has 3 aliphatic carbocycles. The summed E-state index contributed by atoms with van der Waals surface area (Å²) in [7, 11) is 0. The summed E-state index contributed by atoms with van der Waals surface area (Å²) in [6.07, 6.45) is 5.79. The van der Waals surface area contributed by atoms with Crippen LogP contribution >= 0.6 is 0 Å². The van der Waals surface area contributed by atoms with Crippen molar-refractivity contribution in [2.45, 2.75) is 53.4 Å². The third kappa shape index (κ3) is 1.20. The van der Waals surface area contributed by atoms with Gasteiger partial charge in [0.15, 0.2) is 0 Å². The molecule has 3 rings (SSSR count). The van der Waals surface area contributed by atoms with Crippen LogP contribution in [0.1, 0.15) is 53.4 Å². The van der Waals surface area contributed by atoms with Crippen LogP contribution in [-0.4, -0.2) is 0 Å². The van der Waals surface area contributed by atoms with Gasteiger partial charge < -0.3 is 0 Å². The molecule has 0 heteroatoms. The Morgan fingerprint density at radius 1 is 1.00 bits per heavy atom. The monoisotopic (exact) mass is 204 g/mol. The van der Waals surface area contributed by atoms with Crippen molar-refractivity contribution >= 4 is 0 Å². The van der Waals surface area contributed by atoms with E-state index < -0.39 is 0 Å². The van der Waals surface area contributed by atoms with Gasteiger partial charge in [-0.2, -0.15) is 0 Å². The minimum atomic E-state index is 0.638. The first-order valence-electron chi connectivity index (χ1n) is 6.76. The van der Waals surface area contributed by atoms with Crippen molar-refractivity contribution in [3.8, 4) is 0 Å². The maximum atomic E-state index is 2.49. The summed E-state index contributed by atoms with van der Waals surface area (Å²) in [6.45, 7) is 9.92. The van der Waals surface area contributed by atoms with Gasteiger partial charge >= 0.3 is 0 Å². The molecule has 4 atom stereocenters. The summed E-state index contributed by atoms with van der Waals surface area (Å²) in [4.78, 5) is 0. The second-order valence-corrected chi connectivity index (χ2v) is 6.80. The lowest BCUT2D eigenvalue weighted by Crippen LogP contribution is -2.05. The molecule has 0 aromatic rings. The maximum absolute atomic E-state index is 2.49. The van der Waals surface area contributed by atoms with Crippen molar-refractivity contribution in [1.82, 2.24) is 0 Å². The highest BCUT2D eigenvalue weighted by molar-refractivity contribution is 5.36. The molecular formula is C15H24. The highest BCUT2D eigenvalue weighted by Crippen LogP contribution is 2.68. The van der Waals surface area contributed by atoms with Crippen molar-refractivity contribution in [3.63, 3.8) is 0 Å². The Labute approximate surface area is 94.1 Å². The minimum absolute atomic E-state index is 0.638. The fourth-order valence-corrected chi connectivity index (χ4v) is 4.53. The molecule has 0 aliphatic heterocycles. The van der Waals surface area contributed by atoms with Gasteiger partial charge in [-0.25, -0.2) is 0 Å². The van der Waals surface area contributed by atoms with E-state index in [-0.39, 0.29) is 0 Å². The largest absolute Gasteiger partial charge is 0.0676 e. The molecule has 3 aliphatic rings. The zero-order valence-electron chi connectivity index (χ0n) is 10.6. The third-order valence-electron chi connectivity index (χ3n) is 5.64. The smallest absolute Gasteiger partial charge is 0.0110 e. The van der Waals surface area contributed by atoms with Crippen LogP contribution in [-0.2, 0) is 0 Å². The second kappa shape index (κ2) is 2.90. The Morgan fingerprint density at radius 2 is 1.73 bits per heavy atom. The van der Waals surface area contributed by atoms with Crippen LogP contribution in [0.5, 0.6) is 0 Å². The van der Waals surface area contributed by atoms with Gasteiger partial charge in [-0.05, 0) is 54.8 Å². The Bertz CT molecular complexity index is 321. The second-order valence-electron chi connectivity index (χ2n) is 6.80. The summed E-state index contributed by atoms with van der Waals surface area (Å²) in [5.74, 6) is 3.78. The van der Waals surface area contributed by atoms with Crippen LogP contribution in [0.15, 0.2) is 11.1 Å². The van der Waals surface area contributed by atoms with E-state index in [0.717, 1.165) is 23.7 Å². The summed E-state index contributed by atoms with van der Waals surface area (Å²) in [5, 5.41) is 0. The molecule has 0 spiro atoms. The van der Waals surface area contributed by atoms with Crippen molar-refractivity contribution in [1.29, 1.82) is 0 Å². The van der Waals surface area contributed by atoms with Crippen LogP contribution in [0.4, 0.5) is 0 Å². The van der Waals surface area contributed by atoms with Crippen LogP contribution < -0.4 is 0 Å². The Hall–Kier alpha value is -0.260. The van der Waals surface area contributed by atoms with Gasteiger partial charge in [-0.1, -0.05) is 38.8 Å². The van der Waals surface area contributed by atoms with Crippen LogP contribution in [0, 0.1) is 29.1 Å². The molecule has 0 bridgehead atoms. The average molecular weight is 204 g/mol. The lowest BCUT2D eigenvalue weighted by molar-refractivity contribution is 0.471. The highest BCUT2D eigenvalue weighted by atomic mass is 14.6. The van der Waals surface area contributed by atoms with Crippen molar-refractivity contribution < 1.29 is 0 Å². The maximum Gasteiger partial charge on any atom is -0.0110 e. The lowest BCUT2D eigenvalue weighted by atomic mass is 9.88. The number of hydrogen-bond acceptors (Lipinski definition) is 0. The minimum Gasteiger partial charge on any atom is -0.0676 e. The summed E-state index contributed by atoms with van der Waals surface area (Å²) in [6, 6.07) is 0. The van der Waals surface area contributed by atoms with Crippen LogP contribution in [0.2, 0.25) is 0 Å². The number of allylic oxidation sites excluding steroid dienone is 2. The Morgan fingerprint density at radius 3 is 2.47 bits per heavy atom. The van der Waals surface area contributed by atoms with Crippen molar-refractivity contribution in [2.75, 3.05) is 0 Å². The molecule has 0 aromatic carbocycles. The molecule has 0 saturated heterocycles. The highest BCUT2D eigenvalue weighted by Gasteiger charge is 2.61. The summed E-state index contributed by atoms with van der Waals surface area (Å²) < 4.78 is 0. The molecule has 0 radical (unpaired) electrons. The van der Waals surface area contributed by atoms with Gasteiger partial charge in [0.05, 0.1) is 0 Å². The van der Waals surface area contributed by atoms with Gasteiger partial charge in [-0.15, -0.1) is 0 Å². The normalized spacial score (nSPS) is 47.2. The lowest BCUT2D eigenvalue weighted by Gasteiger charge is -2.17. The van der Waals surface area contributed by atoms with Gasteiger partial charge in [0, 0.05) is 0 Å². The van der Waals surface area contributed by atoms with E-state index in [0.29, 0.717) is 5.41 Å². The molecule has 0 aromatic heterocycles. The first-order chi connectivity index (χ1) is 7.03. The fourth-order valence-electron chi connectivity index (χ4n) is 4.53. The van der Waals surface area contributed by atoms with Crippen LogP contribution in [0.3, 0.4) is 0 Å². The van der Waals surface area contributed by atoms with Gasteiger partial charge in [0.2, 0.25) is 0 Å². The SMILES string of the molecule is C[C@@H]1CCC2=C1[C@@H]1[C@H](CC[C@@H]2C)C1(C)C. The van der Waals surface area contributed by atoms with E-state index in [2.05, 4.69) is 27.7 Å². The first-order valence-corrected chi connectivity index (χ1v) is 6.76. The quantitative estimate of drug-likeness (QED) is 0.513. The zero-order chi connectivity index (χ0) is 10.8. The third-order valence-corrected chi connectivity index (χ3v) is 5.64. The molecule has 0 nitrogen and oxygen atoms in total. The predicted octanol–water partition coefficient (Wildman–Crippen LogP) is 4.42. The molecule has 0 amide bonds. The number of rotatable bonds is 0. The predicted molar refractivity (Wildman–Crippen MR) is 64.6 cm³/mol. The summed E-state index contributed by atoms with van der Waals surface area (Å²) >= 11 is 0. The fraction of sp³-hybridized carbons (Fsp3) is 0.867. The standard InChI is InChI=1S/C15H24/c1-9-6-8-12-14(15(12,3)4)13-10(2)5-7-11(9)13/h9-10,12,14H,5-8H2,1-4H3/t9-,10+,12-,14-/m0/s1. The van der Waals surface area contributed by atoms with E-state index in [9.17, 15) is 0 Å². The van der Waals surface area contributed by atoms with E-state index in [1.54, 1.807) is 0 Å². The zero-order valence-corrected chi connectivity index (χ0v) is 10.6. The Kier molecular flexibility index (Phi) is 1.92. The molecule has 15 heavy (non-hydrogen) atoms. The molecule has 1 fully saturated rings. The van der Waals surface area contributed by atoms with E-state index in [4.69, 9.17) is 0 Å². The van der Waals surface area contributed by atoms with Crippen molar-refractivity contribution in [3.05, 3.63) is 11.1 Å². The first kappa shape index (κ1) is 9.93. The summed E-state index contributed by atoms with van der Waals surface area (Å²) in [5.41, 5.74) is 4.43. The van der Waals surface area contributed by atoms with Gasteiger partial charge in [0.1, 0.15) is 0 Å². The van der Waals surface area contributed by atoms with Gasteiger partial charge in [-0.3, -0.25) is 0 Å². The van der Waals surface area contributed by atoms with E-state index in [1.807, 2.05) is 11.1 Å². The van der Waals surface area contributed by atoms with Gasteiger partial charge in [0.25, 0.3) is 0 Å². The molecule has 0 N–H and O–H groups in total. The molecule has 1 saturated carbocycles. The number of hydrogen-bond donors (Lipinski definition) is 0. The van der Waals surface area contributed by atoms with Crippen LogP contribution in [0.25, 0.3) is 0 Å². The van der Waals surface area contributed by atoms with Crippen molar-refractivity contribution in [2.24, 2.45) is 29.1 Å². The molecular weight excluding hydrogens is 180 g/mol. The molecule has 0 unspecified atom stereocenters. The average Bonchev–Trinajstić information content (AvgIpc) is 2.55. The topological polar surface area (TPSA) is 0 Å². The number of fused-ring (bicyclic) bond motifs is 2. The van der Waals surface area contributed by atoms with E-state index in [1.165, 1.54) is 25.7 Å². The Balaban J connectivity index is 2.02. The van der Waals surface area contributed by atoms with E-state index >= 15 is 0 Å². The molecule has 0 heterocycles.